The minimum Gasteiger partial charge on any atom is -0.255 e. The van der Waals surface area contributed by atoms with Crippen molar-refractivity contribution in [2.24, 2.45) is 0 Å². The summed E-state index contributed by atoms with van der Waals surface area (Å²) in [5.74, 6) is 0. The molecule has 1 aromatic carbocycles. The number of hydrogen-bond acceptors (Lipinski definition) is 2. The van der Waals surface area contributed by atoms with Gasteiger partial charge in [0.05, 0.1) is 11.3 Å². The zero-order chi connectivity index (χ0) is 11.4. The topological polar surface area (TPSA) is 36.7 Å². The van der Waals surface area contributed by atoms with Gasteiger partial charge < -0.3 is 0 Å². The molecular weight excluding hydrogens is 264 g/mol. The van der Waals surface area contributed by atoms with Crippen molar-refractivity contribution in [1.29, 1.82) is 5.26 Å². The van der Waals surface area contributed by atoms with E-state index < -0.39 is 0 Å². The van der Waals surface area contributed by atoms with Crippen molar-refractivity contribution in [3.8, 4) is 17.3 Å². The van der Waals surface area contributed by atoms with Gasteiger partial charge in [-0.3, -0.25) is 4.98 Å². The van der Waals surface area contributed by atoms with Crippen LogP contribution in [0.4, 0.5) is 0 Å². The Morgan fingerprint density at radius 1 is 1.19 bits per heavy atom. The van der Waals surface area contributed by atoms with E-state index in [1.807, 2.05) is 24.3 Å². The lowest BCUT2D eigenvalue weighted by molar-refractivity contribution is 1.29. The Morgan fingerprint density at radius 2 is 1.94 bits per heavy atom. The third-order valence-electron chi connectivity index (χ3n) is 2.31. The molecule has 0 spiro atoms. The van der Waals surface area contributed by atoms with Crippen molar-refractivity contribution in [1.82, 2.24) is 4.98 Å². The van der Waals surface area contributed by atoms with Crippen LogP contribution < -0.4 is 0 Å². The SMILES string of the molecule is N#Cc1cccnc1-c1ccc(CBr)cc1. The highest BCUT2D eigenvalue weighted by Gasteiger charge is 2.04. The molecule has 78 valence electrons. The van der Waals surface area contributed by atoms with E-state index in [2.05, 4.69) is 27.0 Å². The van der Waals surface area contributed by atoms with Crippen molar-refractivity contribution in [2.45, 2.75) is 5.33 Å². The molecule has 2 aromatic rings. The molecule has 16 heavy (non-hydrogen) atoms. The normalized spacial score (nSPS) is 9.75. The van der Waals surface area contributed by atoms with E-state index in [4.69, 9.17) is 5.26 Å². The number of nitriles is 1. The lowest BCUT2D eigenvalue weighted by Crippen LogP contribution is -1.88. The van der Waals surface area contributed by atoms with Gasteiger partial charge in [0.25, 0.3) is 0 Å². The maximum atomic E-state index is 8.98. The highest BCUT2D eigenvalue weighted by atomic mass is 79.9. The number of nitrogens with zero attached hydrogens (tertiary/aromatic N) is 2. The fraction of sp³-hybridized carbons (Fsp3) is 0.0769. The van der Waals surface area contributed by atoms with Gasteiger partial charge in [0, 0.05) is 17.1 Å². The fourth-order valence-electron chi connectivity index (χ4n) is 1.48. The number of halogens is 1. The molecule has 0 N–H and O–H groups in total. The predicted molar refractivity (Wildman–Crippen MR) is 67.0 cm³/mol. The monoisotopic (exact) mass is 272 g/mol. The molecule has 1 heterocycles. The van der Waals surface area contributed by atoms with Crippen molar-refractivity contribution in [3.63, 3.8) is 0 Å². The van der Waals surface area contributed by atoms with E-state index in [1.54, 1.807) is 18.3 Å². The number of benzene rings is 1. The van der Waals surface area contributed by atoms with Crippen LogP contribution in [-0.4, -0.2) is 4.98 Å². The second-order valence-electron chi connectivity index (χ2n) is 3.34. The molecule has 0 amide bonds. The van der Waals surface area contributed by atoms with Crippen molar-refractivity contribution >= 4 is 15.9 Å². The van der Waals surface area contributed by atoms with Crippen LogP contribution in [0, 0.1) is 11.3 Å². The Kier molecular flexibility index (Phi) is 3.33. The minimum absolute atomic E-state index is 0.606. The number of pyridine rings is 1. The largest absolute Gasteiger partial charge is 0.255 e. The summed E-state index contributed by atoms with van der Waals surface area (Å²) in [6.07, 6.45) is 1.70. The third kappa shape index (κ3) is 2.12. The molecule has 0 saturated carbocycles. The molecule has 0 radical (unpaired) electrons. The number of aromatic nitrogens is 1. The maximum Gasteiger partial charge on any atom is 0.101 e. The zero-order valence-corrected chi connectivity index (χ0v) is 10.1. The molecule has 0 saturated heterocycles. The summed E-state index contributed by atoms with van der Waals surface area (Å²) < 4.78 is 0. The average Bonchev–Trinajstić information content (AvgIpc) is 2.39. The summed E-state index contributed by atoms with van der Waals surface area (Å²) in [7, 11) is 0. The lowest BCUT2D eigenvalue weighted by Gasteiger charge is -2.03. The van der Waals surface area contributed by atoms with Gasteiger partial charge in [0.15, 0.2) is 0 Å². The Balaban J connectivity index is 2.47. The van der Waals surface area contributed by atoms with E-state index in [0.29, 0.717) is 5.56 Å². The van der Waals surface area contributed by atoms with Gasteiger partial charge in [-0.25, -0.2) is 0 Å². The molecule has 0 atom stereocenters. The highest BCUT2D eigenvalue weighted by molar-refractivity contribution is 9.08. The summed E-state index contributed by atoms with van der Waals surface area (Å²) in [4.78, 5) is 4.24. The van der Waals surface area contributed by atoms with Gasteiger partial charge in [-0.15, -0.1) is 0 Å². The van der Waals surface area contributed by atoms with Gasteiger partial charge in [-0.1, -0.05) is 40.2 Å². The Morgan fingerprint density at radius 3 is 2.56 bits per heavy atom. The van der Waals surface area contributed by atoms with Crippen molar-refractivity contribution < 1.29 is 0 Å². The highest BCUT2D eigenvalue weighted by Crippen LogP contribution is 2.21. The first-order valence-corrected chi connectivity index (χ1v) is 5.97. The summed E-state index contributed by atoms with van der Waals surface area (Å²) in [5, 5.41) is 9.82. The van der Waals surface area contributed by atoms with E-state index in [9.17, 15) is 0 Å². The summed E-state index contributed by atoms with van der Waals surface area (Å²) in [5.41, 5.74) is 3.53. The molecule has 0 fully saturated rings. The van der Waals surface area contributed by atoms with Crippen LogP contribution in [-0.2, 0) is 5.33 Å². The quantitative estimate of drug-likeness (QED) is 0.785. The molecule has 0 aliphatic rings. The van der Waals surface area contributed by atoms with Crippen LogP contribution in [0.1, 0.15) is 11.1 Å². The van der Waals surface area contributed by atoms with Crippen LogP contribution in [0.3, 0.4) is 0 Å². The molecule has 0 aliphatic heterocycles. The van der Waals surface area contributed by atoms with Crippen LogP contribution in [0.15, 0.2) is 42.6 Å². The smallest absolute Gasteiger partial charge is 0.101 e. The number of alkyl halides is 1. The average molecular weight is 273 g/mol. The van der Waals surface area contributed by atoms with Crippen molar-refractivity contribution in [3.05, 3.63) is 53.7 Å². The van der Waals surface area contributed by atoms with E-state index in [-0.39, 0.29) is 0 Å². The van der Waals surface area contributed by atoms with E-state index in [0.717, 1.165) is 16.6 Å². The second-order valence-corrected chi connectivity index (χ2v) is 3.90. The standard InChI is InChI=1S/C13H9BrN2/c14-8-10-3-5-11(6-4-10)13-12(9-15)2-1-7-16-13/h1-7H,8H2. The van der Waals surface area contributed by atoms with Gasteiger partial charge in [0.1, 0.15) is 6.07 Å². The molecule has 0 unspecified atom stereocenters. The molecule has 1 aromatic heterocycles. The lowest BCUT2D eigenvalue weighted by atomic mass is 10.1. The van der Waals surface area contributed by atoms with Crippen LogP contribution in [0.25, 0.3) is 11.3 Å². The summed E-state index contributed by atoms with van der Waals surface area (Å²) >= 11 is 3.40. The molecule has 0 aliphatic carbocycles. The Labute approximate surface area is 103 Å². The molecule has 2 nitrogen and oxygen atoms in total. The van der Waals surface area contributed by atoms with Gasteiger partial charge >= 0.3 is 0 Å². The van der Waals surface area contributed by atoms with Crippen LogP contribution in [0.5, 0.6) is 0 Å². The van der Waals surface area contributed by atoms with Crippen molar-refractivity contribution in [2.75, 3.05) is 0 Å². The molecule has 2 rings (SSSR count). The molecule has 0 bridgehead atoms. The first-order chi connectivity index (χ1) is 7.85. The second kappa shape index (κ2) is 4.91. The van der Waals surface area contributed by atoms with E-state index in [1.165, 1.54) is 5.56 Å². The van der Waals surface area contributed by atoms with Crippen LogP contribution >= 0.6 is 15.9 Å². The third-order valence-corrected chi connectivity index (χ3v) is 2.96. The molecular formula is C13H9BrN2. The minimum atomic E-state index is 0.606. The fourth-order valence-corrected chi connectivity index (χ4v) is 1.85. The van der Waals surface area contributed by atoms with Gasteiger partial charge in [-0.2, -0.15) is 5.26 Å². The maximum absolute atomic E-state index is 8.98. The molecule has 3 heteroatoms. The summed E-state index contributed by atoms with van der Waals surface area (Å²) in [6.45, 7) is 0. The van der Waals surface area contributed by atoms with Gasteiger partial charge in [-0.05, 0) is 17.7 Å². The predicted octanol–water partition coefficient (Wildman–Crippen LogP) is 3.52. The van der Waals surface area contributed by atoms with E-state index >= 15 is 0 Å². The first kappa shape index (κ1) is 10.8. The number of rotatable bonds is 2. The summed E-state index contributed by atoms with van der Waals surface area (Å²) in [6, 6.07) is 13.7. The van der Waals surface area contributed by atoms with Crippen LogP contribution in [0.2, 0.25) is 0 Å². The Bertz CT molecular complexity index is 526. The number of hydrogen-bond donors (Lipinski definition) is 0. The zero-order valence-electron chi connectivity index (χ0n) is 8.52. The first-order valence-electron chi connectivity index (χ1n) is 4.85. The van der Waals surface area contributed by atoms with Gasteiger partial charge in [0.2, 0.25) is 0 Å². The Hall–Kier alpha value is -1.66.